The van der Waals surface area contributed by atoms with Gasteiger partial charge in [-0.3, -0.25) is 0 Å². The fourth-order valence-corrected chi connectivity index (χ4v) is 3.32. The molecule has 0 radical (unpaired) electrons. The van der Waals surface area contributed by atoms with Crippen LogP contribution in [0.2, 0.25) is 0 Å². The molecule has 4 nitrogen and oxygen atoms in total. The van der Waals surface area contributed by atoms with Crippen molar-refractivity contribution in [2.45, 2.75) is 57.1 Å². The molecule has 0 bridgehead atoms. The lowest BCUT2D eigenvalue weighted by Crippen LogP contribution is -2.51. The Kier molecular flexibility index (Phi) is 6.07. The highest BCUT2D eigenvalue weighted by Crippen LogP contribution is 2.23. The summed E-state index contributed by atoms with van der Waals surface area (Å²) in [5.41, 5.74) is -0.0750. The van der Waals surface area contributed by atoms with E-state index in [-0.39, 0.29) is 12.1 Å². The maximum atomic E-state index is 9.83. The van der Waals surface area contributed by atoms with Gasteiger partial charge in [-0.05, 0) is 58.2 Å². The number of rotatable bonds is 6. The predicted octanol–water partition coefficient (Wildman–Crippen LogP) is 1.38. The zero-order valence-corrected chi connectivity index (χ0v) is 12.4. The van der Waals surface area contributed by atoms with E-state index in [9.17, 15) is 5.11 Å². The topological polar surface area (TPSA) is 44.7 Å². The monoisotopic (exact) mass is 270 g/mol. The second-order valence-electron chi connectivity index (χ2n) is 6.15. The summed E-state index contributed by atoms with van der Waals surface area (Å²) in [6.45, 7) is 7.76. The van der Waals surface area contributed by atoms with Crippen molar-refractivity contribution >= 4 is 0 Å². The molecule has 0 aromatic rings. The summed E-state index contributed by atoms with van der Waals surface area (Å²) in [6.07, 6.45) is 7.24. The predicted molar refractivity (Wildman–Crippen MR) is 77.4 cm³/mol. The van der Waals surface area contributed by atoms with Gasteiger partial charge < -0.3 is 20.1 Å². The van der Waals surface area contributed by atoms with Crippen LogP contribution in [0, 0.1) is 0 Å². The van der Waals surface area contributed by atoms with Crippen molar-refractivity contribution in [1.29, 1.82) is 0 Å². The Morgan fingerprint density at radius 3 is 2.89 bits per heavy atom. The van der Waals surface area contributed by atoms with Crippen LogP contribution in [0.3, 0.4) is 0 Å². The van der Waals surface area contributed by atoms with Gasteiger partial charge in [-0.2, -0.15) is 0 Å². The quantitative estimate of drug-likeness (QED) is 0.765. The molecular weight excluding hydrogens is 240 g/mol. The highest BCUT2D eigenvalue weighted by atomic mass is 16.5. The maximum Gasteiger partial charge on any atom is 0.0700 e. The molecule has 0 amide bonds. The maximum absolute atomic E-state index is 9.83. The fraction of sp³-hybridized carbons (Fsp3) is 1.00. The van der Waals surface area contributed by atoms with Gasteiger partial charge in [0.2, 0.25) is 0 Å². The van der Waals surface area contributed by atoms with Crippen molar-refractivity contribution in [3.63, 3.8) is 0 Å². The SMILES string of the molecule is CCCN1CCCC(CO)(NCC2CCCO2)CC1. The van der Waals surface area contributed by atoms with E-state index in [1.54, 1.807) is 0 Å². The summed E-state index contributed by atoms with van der Waals surface area (Å²) in [5, 5.41) is 13.5. The number of likely N-dealkylation sites (tertiary alicyclic amines) is 1. The van der Waals surface area contributed by atoms with Crippen LogP contribution >= 0.6 is 0 Å². The Bertz CT molecular complexity index is 257. The first-order valence-corrected chi connectivity index (χ1v) is 7.98. The lowest BCUT2D eigenvalue weighted by atomic mass is 9.91. The third-order valence-electron chi connectivity index (χ3n) is 4.61. The number of aliphatic hydroxyl groups excluding tert-OH is 1. The van der Waals surface area contributed by atoms with Crippen molar-refractivity contribution in [3.8, 4) is 0 Å². The lowest BCUT2D eigenvalue weighted by Gasteiger charge is -2.33. The summed E-state index contributed by atoms with van der Waals surface area (Å²) in [5.74, 6) is 0. The Morgan fingerprint density at radius 1 is 1.32 bits per heavy atom. The van der Waals surface area contributed by atoms with E-state index in [0.717, 1.165) is 39.0 Å². The number of ether oxygens (including phenoxy) is 1. The van der Waals surface area contributed by atoms with Crippen LogP contribution in [0.4, 0.5) is 0 Å². The van der Waals surface area contributed by atoms with Gasteiger partial charge in [-0.25, -0.2) is 0 Å². The molecule has 0 saturated carbocycles. The minimum Gasteiger partial charge on any atom is -0.394 e. The smallest absolute Gasteiger partial charge is 0.0700 e. The minimum absolute atomic E-state index is 0.0750. The molecule has 0 aromatic heterocycles. The molecule has 2 atom stereocenters. The second kappa shape index (κ2) is 7.58. The zero-order chi connectivity index (χ0) is 13.6. The van der Waals surface area contributed by atoms with Gasteiger partial charge in [0, 0.05) is 18.7 Å². The van der Waals surface area contributed by atoms with Crippen LogP contribution in [-0.4, -0.2) is 61.0 Å². The first-order valence-electron chi connectivity index (χ1n) is 7.98. The summed E-state index contributed by atoms with van der Waals surface area (Å²) in [4.78, 5) is 2.53. The Hall–Kier alpha value is -0.160. The highest BCUT2D eigenvalue weighted by molar-refractivity contribution is 4.92. The molecule has 0 aromatic carbocycles. The van der Waals surface area contributed by atoms with Crippen LogP contribution in [0.25, 0.3) is 0 Å². The van der Waals surface area contributed by atoms with Gasteiger partial charge in [-0.15, -0.1) is 0 Å². The van der Waals surface area contributed by atoms with Gasteiger partial charge in [-0.1, -0.05) is 6.92 Å². The number of nitrogens with zero attached hydrogens (tertiary/aromatic N) is 1. The normalized spacial score (nSPS) is 33.5. The molecule has 2 rings (SSSR count). The zero-order valence-electron chi connectivity index (χ0n) is 12.4. The largest absolute Gasteiger partial charge is 0.394 e. The first-order chi connectivity index (χ1) is 9.28. The van der Waals surface area contributed by atoms with Gasteiger partial charge >= 0.3 is 0 Å². The number of nitrogens with one attached hydrogen (secondary N) is 1. The van der Waals surface area contributed by atoms with Gasteiger partial charge in [0.05, 0.1) is 12.7 Å². The molecule has 2 aliphatic heterocycles. The molecule has 2 fully saturated rings. The summed E-state index contributed by atoms with van der Waals surface area (Å²) < 4.78 is 5.67. The van der Waals surface area contributed by atoms with E-state index in [1.165, 1.54) is 32.4 Å². The van der Waals surface area contributed by atoms with E-state index in [2.05, 4.69) is 17.1 Å². The summed E-state index contributed by atoms with van der Waals surface area (Å²) in [6, 6.07) is 0. The number of hydrogen-bond acceptors (Lipinski definition) is 4. The molecule has 112 valence electrons. The van der Waals surface area contributed by atoms with Crippen LogP contribution in [-0.2, 0) is 4.74 Å². The second-order valence-corrected chi connectivity index (χ2v) is 6.15. The molecule has 0 spiro atoms. The molecule has 0 aliphatic carbocycles. The Morgan fingerprint density at radius 2 is 2.21 bits per heavy atom. The Labute approximate surface area is 117 Å². The molecule has 2 aliphatic rings. The fourth-order valence-electron chi connectivity index (χ4n) is 3.32. The summed E-state index contributed by atoms with van der Waals surface area (Å²) in [7, 11) is 0. The van der Waals surface area contributed by atoms with Crippen LogP contribution in [0.15, 0.2) is 0 Å². The molecule has 19 heavy (non-hydrogen) atoms. The van der Waals surface area contributed by atoms with Crippen LogP contribution < -0.4 is 5.32 Å². The lowest BCUT2D eigenvalue weighted by molar-refractivity contribution is 0.0827. The number of hydrogen-bond donors (Lipinski definition) is 2. The third kappa shape index (κ3) is 4.42. The highest BCUT2D eigenvalue weighted by Gasteiger charge is 2.32. The van der Waals surface area contributed by atoms with Crippen LogP contribution in [0.1, 0.15) is 45.4 Å². The Balaban J connectivity index is 1.82. The first kappa shape index (κ1) is 15.2. The molecule has 2 heterocycles. The van der Waals surface area contributed by atoms with Crippen molar-refractivity contribution < 1.29 is 9.84 Å². The number of aliphatic hydroxyl groups is 1. The van der Waals surface area contributed by atoms with Crippen LogP contribution in [0.5, 0.6) is 0 Å². The van der Waals surface area contributed by atoms with Crippen molar-refractivity contribution in [2.75, 3.05) is 39.4 Å². The molecule has 2 saturated heterocycles. The molecule has 2 unspecified atom stereocenters. The van der Waals surface area contributed by atoms with Gasteiger partial charge in [0.1, 0.15) is 0 Å². The third-order valence-corrected chi connectivity index (χ3v) is 4.61. The van der Waals surface area contributed by atoms with E-state index < -0.39 is 0 Å². The van der Waals surface area contributed by atoms with Crippen molar-refractivity contribution in [1.82, 2.24) is 10.2 Å². The minimum atomic E-state index is -0.0750. The average molecular weight is 270 g/mol. The van der Waals surface area contributed by atoms with E-state index >= 15 is 0 Å². The van der Waals surface area contributed by atoms with Crippen molar-refractivity contribution in [3.05, 3.63) is 0 Å². The summed E-state index contributed by atoms with van der Waals surface area (Å²) >= 11 is 0. The van der Waals surface area contributed by atoms with E-state index in [0.29, 0.717) is 6.10 Å². The average Bonchev–Trinajstić information content (AvgIpc) is 2.87. The molecule has 2 N–H and O–H groups in total. The van der Waals surface area contributed by atoms with E-state index in [1.807, 2.05) is 0 Å². The van der Waals surface area contributed by atoms with Crippen molar-refractivity contribution in [2.24, 2.45) is 0 Å². The molecular formula is C15H30N2O2. The van der Waals surface area contributed by atoms with Gasteiger partial charge in [0.25, 0.3) is 0 Å². The molecule has 4 heteroatoms. The van der Waals surface area contributed by atoms with Gasteiger partial charge in [0.15, 0.2) is 0 Å². The van der Waals surface area contributed by atoms with E-state index in [4.69, 9.17) is 4.74 Å². The standard InChI is InChI=1S/C15H30N2O2/c1-2-8-17-9-4-6-15(13-18,7-10-17)16-12-14-5-3-11-19-14/h14,16,18H,2-13H2,1H3.